The molecular formula is C10H20N2O. The molecule has 0 spiro atoms. The molecule has 1 heterocycles. The Morgan fingerprint density at radius 1 is 1.31 bits per heavy atom. The molecule has 0 saturated carbocycles. The molecule has 1 aliphatic heterocycles. The number of carbonyl (C=O) groups excluding carboxylic acids is 1. The summed E-state index contributed by atoms with van der Waals surface area (Å²) in [7, 11) is 1.99. The molecule has 0 atom stereocenters. The molecule has 0 bridgehead atoms. The molecule has 1 amide bonds. The number of piperazine rings is 1. The van der Waals surface area contributed by atoms with Gasteiger partial charge in [0, 0.05) is 19.6 Å². The van der Waals surface area contributed by atoms with Gasteiger partial charge in [0.25, 0.3) is 0 Å². The largest absolute Gasteiger partial charge is 0.340 e. The van der Waals surface area contributed by atoms with E-state index < -0.39 is 0 Å². The first kappa shape index (κ1) is 10.5. The van der Waals surface area contributed by atoms with E-state index in [9.17, 15) is 4.79 Å². The van der Waals surface area contributed by atoms with Crippen LogP contribution >= 0.6 is 0 Å². The van der Waals surface area contributed by atoms with Crippen molar-refractivity contribution in [3.05, 3.63) is 0 Å². The number of rotatable bonds is 1. The van der Waals surface area contributed by atoms with Crippen molar-refractivity contribution in [2.75, 3.05) is 33.2 Å². The Labute approximate surface area is 80.7 Å². The standard InChI is InChI=1S/C10H20N2O/c1-10(2,3)8-12-6-5-11(4)7-9(12)13/h5-8H2,1-4H3. The zero-order chi connectivity index (χ0) is 10.1. The summed E-state index contributed by atoms with van der Waals surface area (Å²) in [5.74, 6) is 0.267. The predicted molar refractivity (Wildman–Crippen MR) is 53.5 cm³/mol. The van der Waals surface area contributed by atoms with Gasteiger partial charge in [-0.25, -0.2) is 0 Å². The lowest BCUT2D eigenvalue weighted by Gasteiger charge is -2.36. The smallest absolute Gasteiger partial charge is 0.236 e. The highest BCUT2D eigenvalue weighted by molar-refractivity contribution is 5.79. The minimum absolute atomic E-state index is 0.214. The third kappa shape index (κ3) is 3.35. The highest BCUT2D eigenvalue weighted by Gasteiger charge is 2.25. The second-order valence-electron chi connectivity index (χ2n) is 5.11. The second kappa shape index (κ2) is 3.66. The lowest BCUT2D eigenvalue weighted by Crippen LogP contribution is -2.51. The lowest BCUT2D eigenvalue weighted by atomic mass is 9.96. The van der Waals surface area contributed by atoms with Crippen LogP contribution < -0.4 is 0 Å². The van der Waals surface area contributed by atoms with E-state index in [4.69, 9.17) is 0 Å². The molecule has 3 heteroatoms. The van der Waals surface area contributed by atoms with Crippen LogP contribution in [0, 0.1) is 5.41 Å². The van der Waals surface area contributed by atoms with Crippen molar-refractivity contribution in [3.8, 4) is 0 Å². The van der Waals surface area contributed by atoms with E-state index in [1.54, 1.807) is 0 Å². The molecule has 1 aliphatic rings. The quantitative estimate of drug-likeness (QED) is 0.602. The third-order valence-corrected chi connectivity index (χ3v) is 2.17. The number of amides is 1. The Bertz CT molecular complexity index is 196. The maximum atomic E-state index is 11.6. The third-order valence-electron chi connectivity index (χ3n) is 2.17. The topological polar surface area (TPSA) is 23.6 Å². The maximum absolute atomic E-state index is 11.6. The molecule has 0 aromatic rings. The molecule has 1 saturated heterocycles. The number of likely N-dealkylation sites (N-methyl/N-ethyl adjacent to an activating group) is 1. The summed E-state index contributed by atoms with van der Waals surface area (Å²) in [5, 5.41) is 0. The summed E-state index contributed by atoms with van der Waals surface area (Å²) in [6, 6.07) is 0. The Morgan fingerprint density at radius 3 is 2.38 bits per heavy atom. The SMILES string of the molecule is CN1CCN(CC(C)(C)C)C(=O)C1. The Kier molecular flexibility index (Phi) is 2.96. The predicted octanol–water partition coefficient (Wildman–Crippen LogP) is 0.806. The molecule has 0 aliphatic carbocycles. The van der Waals surface area contributed by atoms with Crippen LogP contribution in [-0.4, -0.2) is 48.9 Å². The van der Waals surface area contributed by atoms with Gasteiger partial charge in [0.05, 0.1) is 6.54 Å². The molecule has 0 N–H and O–H groups in total. The highest BCUT2D eigenvalue weighted by atomic mass is 16.2. The highest BCUT2D eigenvalue weighted by Crippen LogP contribution is 2.16. The molecular weight excluding hydrogens is 164 g/mol. The van der Waals surface area contributed by atoms with Crippen molar-refractivity contribution in [2.45, 2.75) is 20.8 Å². The van der Waals surface area contributed by atoms with E-state index in [1.165, 1.54) is 0 Å². The molecule has 3 nitrogen and oxygen atoms in total. The van der Waals surface area contributed by atoms with E-state index in [0.717, 1.165) is 19.6 Å². The zero-order valence-corrected chi connectivity index (χ0v) is 9.13. The molecule has 1 fully saturated rings. The van der Waals surface area contributed by atoms with Crippen molar-refractivity contribution in [2.24, 2.45) is 5.41 Å². The van der Waals surface area contributed by atoms with Crippen molar-refractivity contribution in [1.29, 1.82) is 0 Å². The Balaban J connectivity index is 2.48. The van der Waals surface area contributed by atoms with Gasteiger partial charge in [0.2, 0.25) is 5.91 Å². The van der Waals surface area contributed by atoms with Crippen molar-refractivity contribution >= 4 is 5.91 Å². The van der Waals surface area contributed by atoms with Crippen LogP contribution in [0.25, 0.3) is 0 Å². The average molecular weight is 184 g/mol. The summed E-state index contributed by atoms with van der Waals surface area (Å²) in [4.78, 5) is 15.6. The summed E-state index contributed by atoms with van der Waals surface area (Å²) in [6.07, 6.45) is 0. The van der Waals surface area contributed by atoms with Crippen LogP contribution in [0.5, 0.6) is 0 Å². The van der Waals surface area contributed by atoms with Gasteiger partial charge in [-0.05, 0) is 12.5 Å². The molecule has 0 radical (unpaired) electrons. The first-order valence-corrected chi connectivity index (χ1v) is 4.85. The summed E-state index contributed by atoms with van der Waals surface area (Å²) < 4.78 is 0. The van der Waals surface area contributed by atoms with Crippen molar-refractivity contribution in [1.82, 2.24) is 9.80 Å². The van der Waals surface area contributed by atoms with Gasteiger partial charge in [0.15, 0.2) is 0 Å². The first-order chi connectivity index (χ1) is 5.88. The lowest BCUT2D eigenvalue weighted by molar-refractivity contribution is -0.136. The molecule has 0 aromatic carbocycles. The van der Waals surface area contributed by atoms with Gasteiger partial charge in [-0.15, -0.1) is 0 Å². The van der Waals surface area contributed by atoms with E-state index in [1.807, 2.05) is 11.9 Å². The van der Waals surface area contributed by atoms with Gasteiger partial charge in [-0.1, -0.05) is 20.8 Å². The first-order valence-electron chi connectivity index (χ1n) is 4.85. The summed E-state index contributed by atoms with van der Waals surface area (Å²) in [5.41, 5.74) is 0.214. The van der Waals surface area contributed by atoms with Crippen LogP contribution in [-0.2, 0) is 4.79 Å². The molecule has 1 rings (SSSR count). The molecule has 13 heavy (non-hydrogen) atoms. The van der Waals surface area contributed by atoms with Crippen LogP contribution in [0.15, 0.2) is 0 Å². The number of carbonyl (C=O) groups is 1. The maximum Gasteiger partial charge on any atom is 0.236 e. The average Bonchev–Trinajstić information content (AvgIpc) is 1.93. The van der Waals surface area contributed by atoms with Crippen molar-refractivity contribution < 1.29 is 4.79 Å². The Morgan fingerprint density at radius 2 is 1.92 bits per heavy atom. The van der Waals surface area contributed by atoms with Gasteiger partial charge in [0.1, 0.15) is 0 Å². The summed E-state index contributed by atoms with van der Waals surface area (Å²) >= 11 is 0. The van der Waals surface area contributed by atoms with Crippen LogP contribution in [0.3, 0.4) is 0 Å². The molecule has 0 unspecified atom stereocenters. The van der Waals surface area contributed by atoms with Gasteiger partial charge >= 0.3 is 0 Å². The van der Waals surface area contributed by atoms with E-state index in [0.29, 0.717) is 6.54 Å². The van der Waals surface area contributed by atoms with E-state index in [-0.39, 0.29) is 11.3 Å². The minimum atomic E-state index is 0.214. The van der Waals surface area contributed by atoms with Crippen LogP contribution in [0.1, 0.15) is 20.8 Å². The van der Waals surface area contributed by atoms with Gasteiger partial charge in [-0.3, -0.25) is 9.69 Å². The summed E-state index contributed by atoms with van der Waals surface area (Å²) in [6.45, 7) is 9.83. The fourth-order valence-electron chi connectivity index (χ4n) is 1.57. The normalized spacial score (nSPS) is 20.9. The van der Waals surface area contributed by atoms with E-state index >= 15 is 0 Å². The second-order valence-corrected chi connectivity index (χ2v) is 5.11. The molecule has 0 aromatic heterocycles. The fourth-order valence-corrected chi connectivity index (χ4v) is 1.57. The Hall–Kier alpha value is -0.570. The zero-order valence-electron chi connectivity index (χ0n) is 9.13. The van der Waals surface area contributed by atoms with Crippen LogP contribution in [0.4, 0.5) is 0 Å². The van der Waals surface area contributed by atoms with E-state index in [2.05, 4.69) is 25.7 Å². The van der Waals surface area contributed by atoms with Crippen LogP contribution in [0.2, 0.25) is 0 Å². The molecule has 76 valence electrons. The van der Waals surface area contributed by atoms with Gasteiger partial charge < -0.3 is 4.90 Å². The fraction of sp³-hybridized carbons (Fsp3) is 0.900. The number of nitrogens with zero attached hydrogens (tertiary/aromatic N) is 2. The van der Waals surface area contributed by atoms with Crippen molar-refractivity contribution in [3.63, 3.8) is 0 Å². The van der Waals surface area contributed by atoms with Gasteiger partial charge in [-0.2, -0.15) is 0 Å². The minimum Gasteiger partial charge on any atom is -0.340 e. The monoisotopic (exact) mass is 184 g/mol. The number of hydrogen-bond donors (Lipinski definition) is 0. The number of hydrogen-bond acceptors (Lipinski definition) is 2.